The molecule has 2 rings (SSSR count). The van der Waals surface area contributed by atoms with E-state index in [-0.39, 0.29) is 11.3 Å². The molecular weight excluding hydrogens is 221 g/mol. The van der Waals surface area contributed by atoms with E-state index in [0.29, 0.717) is 12.2 Å². The van der Waals surface area contributed by atoms with Crippen molar-refractivity contribution in [3.05, 3.63) is 47.8 Å². The van der Waals surface area contributed by atoms with Crippen molar-refractivity contribution in [2.75, 3.05) is 0 Å². The highest BCUT2D eigenvalue weighted by atomic mass is 19.1. The van der Waals surface area contributed by atoms with Gasteiger partial charge < -0.3 is 0 Å². The monoisotopic (exact) mass is 233 g/mol. The summed E-state index contributed by atoms with van der Waals surface area (Å²) in [7, 11) is 0. The van der Waals surface area contributed by atoms with Crippen LogP contribution in [0.1, 0.15) is 29.4 Å². The van der Waals surface area contributed by atoms with Gasteiger partial charge in [-0.1, -0.05) is 6.92 Å². The number of hydrogen-bond donors (Lipinski definition) is 0. The Morgan fingerprint density at radius 3 is 3.00 bits per heavy atom. The van der Waals surface area contributed by atoms with Gasteiger partial charge in [-0.05, 0) is 18.6 Å². The Morgan fingerprint density at radius 2 is 2.29 bits per heavy atom. The van der Waals surface area contributed by atoms with Crippen LogP contribution in [0.15, 0.2) is 30.7 Å². The molecule has 0 aliphatic rings. The Balaban J connectivity index is 2.33. The summed E-state index contributed by atoms with van der Waals surface area (Å²) in [4.78, 5) is 15.8. The lowest BCUT2D eigenvalue weighted by molar-refractivity contribution is 0.102. The summed E-state index contributed by atoms with van der Waals surface area (Å²) >= 11 is 0. The van der Waals surface area contributed by atoms with Crippen LogP contribution in [0.4, 0.5) is 4.39 Å². The predicted octanol–water partition coefficient (Wildman–Crippen LogP) is 2.06. The zero-order chi connectivity index (χ0) is 12.3. The van der Waals surface area contributed by atoms with E-state index in [1.807, 2.05) is 6.92 Å². The largest absolute Gasteiger partial charge is 0.287 e. The molecule has 0 aromatic carbocycles. The Morgan fingerprint density at radius 1 is 1.47 bits per heavy atom. The van der Waals surface area contributed by atoms with E-state index in [4.69, 9.17) is 0 Å². The fraction of sp³-hybridized carbons (Fsp3) is 0.250. The molecule has 0 aliphatic heterocycles. The predicted molar refractivity (Wildman–Crippen MR) is 60.1 cm³/mol. The van der Waals surface area contributed by atoms with Crippen LogP contribution in [0.3, 0.4) is 0 Å². The lowest BCUT2D eigenvalue weighted by Crippen LogP contribution is -2.11. The third-order valence-electron chi connectivity index (χ3n) is 2.35. The van der Waals surface area contributed by atoms with Crippen molar-refractivity contribution in [1.29, 1.82) is 0 Å². The number of hydrogen-bond acceptors (Lipinski definition) is 3. The van der Waals surface area contributed by atoms with Gasteiger partial charge >= 0.3 is 0 Å². The van der Waals surface area contributed by atoms with Crippen molar-refractivity contribution in [1.82, 2.24) is 14.8 Å². The normalized spacial score (nSPS) is 10.5. The fourth-order valence-electron chi connectivity index (χ4n) is 1.60. The third kappa shape index (κ3) is 2.38. The van der Waals surface area contributed by atoms with Crippen LogP contribution in [-0.4, -0.2) is 20.5 Å². The summed E-state index contributed by atoms with van der Waals surface area (Å²) in [5.74, 6) is -0.777. The SMILES string of the molecule is CCCn1nccc1C(=O)c1cncc(F)c1. The molecule has 0 saturated heterocycles. The minimum atomic E-state index is -0.516. The highest BCUT2D eigenvalue weighted by Crippen LogP contribution is 2.10. The number of nitrogens with zero attached hydrogens (tertiary/aromatic N) is 3. The summed E-state index contributed by atoms with van der Waals surface area (Å²) in [6, 6.07) is 2.81. The van der Waals surface area contributed by atoms with Gasteiger partial charge in [-0.15, -0.1) is 0 Å². The van der Waals surface area contributed by atoms with Crippen LogP contribution in [0.25, 0.3) is 0 Å². The van der Waals surface area contributed by atoms with Gasteiger partial charge in [0.15, 0.2) is 0 Å². The summed E-state index contributed by atoms with van der Waals surface area (Å²) in [6.07, 6.45) is 4.87. The van der Waals surface area contributed by atoms with Crippen molar-refractivity contribution in [3.8, 4) is 0 Å². The number of aryl methyl sites for hydroxylation is 1. The topological polar surface area (TPSA) is 47.8 Å². The van der Waals surface area contributed by atoms with Crippen molar-refractivity contribution < 1.29 is 9.18 Å². The second kappa shape index (κ2) is 4.86. The molecule has 0 spiro atoms. The molecule has 0 aliphatic carbocycles. The van der Waals surface area contributed by atoms with Crippen LogP contribution in [0, 0.1) is 5.82 Å². The van der Waals surface area contributed by atoms with Crippen molar-refractivity contribution in [2.45, 2.75) is 19.9 Å². The average molecular weight is 233 g/mol. The Bertz CT molecular complexity index is 536. The van der Waals surface area contributed by atoms with Crippen LogP contribution >= 0.6 is 0 Å². The molecule has 2 heterocycles. The third-order valence-corrected chi connectivity index (χ3v) is 2.35. The summed E-state index contributed by atoms with van der Waals surface area (Å²) in [5, 5.41) is 4.06. The molecule has 0 atom stereocenters. The van der Waals surface area contributed by atoms with E-state index >= 15 is 0 Å². The molecule has 0 fully saturated rings. The molecule has 4 nitrogen and oxygen atoms in total. The summed E-state index contributed by atoms with van der Waals surface area (Å²) < 4.78 is 14.6. The fourth-order valence-corrected chi connectivity index (χ4v) is 1.60. The number of rotatable bonds is 4. The van der Waals surface area contributed by atoms with E-state index in [2.05, 4.69) is 10.1 Å². The highest BCUT2D eigenvalue weighted by Gasteiger charge is 2.14. The van der Waals surface area contributed by atoms with Gasteiger partial charge in [-0.25, -0.2) is 4.39 Å². The molecule has 0 bridgehead atoms. The van der Waals surface area contributed by atoms with Gasteiger partial charge in [0.25, 0.3) is 0 Å². The summed E-state index contributed by atoms with van der Waals surface area (Å²) in [6.45, 7) is 2.66. The molecule has 0 N–H and O–H groups in total. The van der Waals surface area contributed by atoms with E-state index in [1.54, 1.807) is 16.9 Å². The van der Waals surface area contributed by atoms with Crippen LogP contribution in [0.2, 0.25) is 0 Å². The molecule has 0 saturated carbocycles. The molecule has 2 aromatic heterocycles. The van der Waals surface area contributed by atoms with Gasteiger partial charge in [0.05, 0.1) is 6.20 Å². The molecule has 5 heteroatoms. The maximum absolute atomic E-state index is 13.0. The summed E-state index contributed by atoms with van der Waals surface area (Å²) in [5.41, 5.74) is 0.696. The number of ketones is 1. The zero-order valence-corrected chi connectivity index (χ0v) is 9.43. The number of halogens is 1. The van der Waals surface area contributed by atoms with E-state index in [1.165, 1.54) is 12.3 Å². The highest BCUT2D eigenvalue weighted by molar-refractivity contribution is 6.07. The number of pyridine rings is 1. The zero-order valence-electron chi connectivity index (χ0n) is 9.43. The average Bonchev–Trinajstić information content (AvgIpc) is 2.77. The Kier molecular flexibility index (Phi) is 3.27. The van der Waals surface area contributed by atoms with Crippen molar-refractivity contribution in [3.63, 3.8) is 0 Å². The first-order chi connectivity index (χ1) is 8.22. The molecule has 88 valence electrons. The van der Waals surface area contributed by atoms with Crippen molar-refractivity contribution >= 4 is 5.78 Å². The molecule has 0 unspecified atom stereocenters. The minimum Gasteiger partial charge on any atom is -0.287 e. The standard InChI is InChI=1S/C12H12FN3O/c1-2-5-16-11(3-4-15-16)12(17)9-6-10(13)8-14-7-9/h3-4,6-8H,2,5H2,1H3. The maximum atomic E-state index is 13.0. The maximum Gasteiger partial charge on any atom is 0.212 e. The van der Waals surface area contributed by atoms with Crippen LogP contribution in [-0.2, 0) is 6.54 Å². The number of carbonyl (C=O) groups is 1. The molecular formula is C12H12FN3O. The number of aromatic nitrogens is 3. The number of carbonyl (C=O) groups excluding carboxylic acids is 1. The Hall–Kier alpha value is -2.04. The first-order valence-electron chi connectivity index (χ1n) is 5.39. The van der Waals surface area contributed by atoms with Crippen LogP contribution < -0.4 is 0 Å². The van der Waals surface area contributed by atoms with Gasteiger partial charge in [-0.3, -0.25) is 14.5 Å². The second-order valence-electron chi connectivity index (χ2n) is 3.66. The van der Waals surface area contributed by atoms with E-state index < -0.39 is 5.82 Å². The quantitative estimate of drug-likeness (QED) is 0.759. The molecule has 0 amide bonds. The molecule has 0 radical (unpaired) electrons. The second-order valence-corrected chi connectivity index (χ2v) is 3.66. The van der Waals surface area contributed by atoms with Gasteiger partial charge in [0.1, 0.15) is 11.5 Å². The smallest absolute Gasteiger partial charge is 0.212 e. The lowest BCUT2D eigenvalue weighted by Gasteiger charge is -2.04. The lowest BCUT2D eigenvalue weighted by atomic mass is 10.1. The van der Waals surface area contributed by atoms with Crippen molar-refractivity contribution in [2.24, 2.45) is 0 Å². The van der Waals surface area contributed by atoms with Crippen LogP contribution in [0.5, 0.6) is 0 Å². The Labute approximate surface area is 98.1 Å². The molecule has 17 heavy (non-hydrogen) atoms. The van der Waals surface area contributed by atoms with Gasteiger partial charge in [0, 0.05) is 24.5 Å². The first-order valence-corrected chi connectivity index (χ1v) is 5.39. The molecule has 2 aromatic rings. The first kappa shape index (κ1) is 11.4. The van der Waals surface area contributed by atoms with Gasteiger partial charge in [0.2, 0.25) is 5.78 Å². The minimum absolute atomic E-state index is 0.239. The van der Waals surface area contributed by atoms with Gasteiger partial charge in [-0.2, -0.15) is 5.10 Å². The van der Waals surface area contributed by atoms with E-state index in [0.717, 1.165) is 12.6 Å². The van der Waals surface area contributed by atoms with E-state index in [9.17, 15) is 9.18 Å².